The Balaban J connectivity index is 1.51. The fourth-order valence-electron chi connectivity index (χ4n) is 4.42. The first kappa shape index (κ1) is 24.4. The van der Waals surface area contributed by atoms with E-state index in [2.05, 4.69) is 28.8 Å². The van der Waals surface area contributed by atoms with Crippen LogP contribution in [0.2, 0.25) is 0 Å². The van der Waals surface area contributed by atoms with Crippen LogP contribution in [0.4, 0.5) is 5.82 Å². The van der Waals surface area contributed by atoms with Crippen molar-refractivity contribution in [3.63, 3.8) is 0 Å². The third-order valence-corrected chi connectivity index (χ3v) is 8.13. The van der Waals surface area contributed by atoms with Gasteiger partial charge in [0.1, 0.15) is 11.6 Å². The molecule has 3 aromatic rings. The Bertz CT molecular complexity index is 1240. The molecule has 0 aliphatic carbocycles. The van der Waals surface area contributed by atoms with Crippen molar-refractivity contribution in [2.75, 3.05) is 18.4 Å². The molecular weight excluding hydrogens is 452 g/mol. The first-order valence-corrected chi connectivity index (χ1v) is 13.7. The van der Waals surface area contributed by atoms with Crippen LogP contribution in [0.25, 0.3) is 11.0 Å². The lowest BCUT2D eigenvalue weighted by Gasteiger charge is -2.15. The van der Waals surface area contributed by atoms with E-state index in [9.17, 15) is 13.2 Å². The van der Waals surface area contributed by atoms with Crippen LogP contribution in [0.1, 0.15) is 58.2 Å². The highest BCUT2D eigenvalue weighted by Crippen LogP contribution is 2.26. The third kappa shape index (κ3) is 5.17. The van der Waals surface area contributed by atoms with Crippen LogP contribution in [0, 0.1) is 0 Å². The molecule has 3 heterocycles. The van der Waals surface area contributed by atoms with Crippen LogP contribution in [0.15, 0.2) is 35.4 Å². The summed E-state index contributed by atoms with van der Waals surface area (Å²) in [7, 11) is -3.50. The zero-order valence-corrected chi connectivity index (χ0v) is 20.9. The van der Waals surface area contributed by atoms with Gasteiger partial charge in [0.15, 0.2) is 0 Å². The predicted octanol–water partition coefficient (Wildman–Crippen LogP) is 3.80. The number of sulfonamides is 1. The molecule has 0 saturated carbocycles. The summed E-state index contributed by atoms with van der Waals surface area (Å²) in [6, 6.07) is 7.00. The minimum atomic E-state index is -3.50. The van der Waals surface area contributed by atoms with Crippen molar-refractivity contribution >= 4 is 32.8 Å². The molecule has 0 spiro atoms. The topological polar surface area (TPSA) is 102 Å². The zero-order chi connectivity index (χ0) is 24.1. The van der Waals surface area contributed by atoms with E-state index in [4.69, 9.17) is 4.98 Å². The van der Waals surface area contributed by atoms with Crippen LogP contribution in [-0.2, 0) is 34.3 Å². The number of hydrogen-bond acceptors (Lipinski definition) is 5. The summed E-state index contributed by atoms with van der Waals surface area (Å²) in [5.74, 6) is 1.41. The lowest BCUT2D eigenvalue weighted by Crippen LogP contribution is -2.27. The second-order valence-electron chi connectivity index (χ2n) is 8.78. The van der Waals surface area contributed by atoms with Gasteiger partial charge in [-0.25, -0.2) is 18.1 Å². The number of carbonyl (C=O) groups excluding carboxylic acids is 1. The third-order valence-electron chi connectivity index (χ3n) is 6.23. The molecule has 1 amide bonds. The van der Waals surface area contributed by atoms with Crippen LogP contribution < -0.4 is 5.32 Å². The standard InChI is InChI=1S/C24H34N6O3S/c1-3-5-17-30-23(12-13-25-30)27-24(31)11-10-22-26-20-18-19(8-9-21(20)29(22)14-4-2)34(32,33)28-15-6-7-16-28/h8-9,12-13,18H,3-7,10-11,14-17H2,1-2H3,(H,27,31). The van der Waals surface area contributed by atoms with E-state index in [1.165, 1.54) is 0 Å². The second kappa shape index (κ2) is 10.7. The number of aryl methyl sites for hydroxylation is 3. The van der Waals surface area contributed by atoms with E-state index in [1.54, 1.807) is 22.6 Å². The predicted molar refractivity (Wildman–Crippen MR) is 132 cm³/mol. The van der Waals surface area contributed by atoms with E-state index < -0.39 is 10.0 Å². The molecule has 2 aromatic heterocycles. The van der Waals surface area contributed by atoms with E-state index in [1.807, 2.05) is 16.8 Å². The maximum atomic E-state index is 13.0. The van der Waals surface area contributed by atoms with Gasteiger partial charge in [-0.15, -0.1) is 0 Å². The Kier molecular flexibility index (Phi) is 7.67. The highest BCUT2D eigenvalue weighted by atomic mass is 32.2. The monoisotopic (exact) mass is 486 g/mol. The van der Waals surface area contributed by atoms with Crippen molar-refractivity contribution < 1.29 is 13.2 Å². The van der Waals surface area contributed by atoms with Gasteiger partial charge in [-0.05, 0) is 43.9 Å². The number of imidazole rings is 1. The number of nitrogens with one attached hydrogen (secondary N) is 1. The van der Waals surface area contributed by atoms with Gasteiger partial charge in [0.2, 0.25) is 15.9 Å². The van der Waals surface area contributed by atoms with E-state index >= 15 is 0 Å². The number of fused-ring (bicyclic) bond motifs is 1. The number of carbonyl (C=O) groups is 1. The molecule has 4 rings (SSSR count). The van der Waals surface area contributed by atoms with Gasteiger partial charge in [-0.2, -0.15) is 9.40 Å². The van der Waals surface area contributed by atoms with Crippen molar-refractivity contribution in [2.24, 2.45) is 0 Å². The summed E-state index contributed by atoms with van der Waals surface area (Å²) < 4.78 is 31.4. The summed E-state index contributed by atoms with van der Waals surface area (Å²) in [6.07, 6.45) is 7.22. The summed E-state index contributed by atoms with van der Waals surface area (Å²) in [4.78, 5) is 17.7. The number of nitrogens with zero attached hydrogens (tertiary/aromatic N) is 5. The summed E-state index contributed by atoms with van der Waals surface area (Å²) in [6.45, 7) is 6.88. The highest BCUT2D eigenvalue weighted by Gasteiger charge is 2.28. The minimum absolute atomic E-state index is 0.0920. The van der Waals surface area contributed by atoms with Crippen molar-refractivity contribution in [3.8, 4) is 0 Å². The molecule has 0 atom stereocenters. The molecule has 0 radical (unpaired) electrons. The molecule has 1 aromatic carbocycles. The Hall–Kier alpha value is -2.72. The van der Waals surface area contributed by atoms with Crippen LogP contribution in [0.3, 0.4) is 0 Å². The van der Waals surface area contributed by atoms with E-state index in [0.29, 0.717) is 30.8 Å². The summed E-state index contributed by atoms with van der Waals surface area (Å²) >= 11 is 0. The second-order valence-corrected chi connectivity index (χ2v) is 10.7. The van der Waals surface area contributed by atoms with Gasteiger partial charge in [-0.1, -0.05) is 20.3 Å². The first-order valence-electron chi connectivity index (χ1n) is 12.2. The zero-order valence-electron chi connectivity index (χ0n) is 20.0. The molecular formula is C24H34N6O3S. The maximum absolute atomic E-state index is 13.0. The quantitative estimate of drug-likeness (QED) is 0.444. The Morgan fingerprint density at radius 3 is 2.62 bits per heavy atom. The molecule has 34 heavy (non-hydrogen) atoms. The van der Waals surface area contributed by atoms with Crippen LogP contribution in [0.5, 0.6) is 0 Å². The average Bonchev–Trinajstić information content (AvgIpc) is 3.57. The number of hydrogen-bond donors (Lipinski definition) is 1. The smallest absolute Gasteiger partial charge is 0.243 e. The normalized spacial score (nSPS) is 14.8. The maximum Gasteiger partial charge on any atom is 0.243 e. The van der Waals surface area contributed by atoms with E-state index in [-0.39, 0.29) is 17.2 Å². The molecule has 0 bridgehead atoms. The summed E-state index contributed by atoms with van der Waals surface area (Å²) in [5.41, 5.74) is 1.55. The molecule has 184 valence electrons. The molecule has 1 saturated heterocycles. The van der Waals surface area contributed by atoms with Crippen molar-refractivity contribution in [3.05, 3.63) is 36.3 Å². The van der Waals surface area contributed by atoms with Gasteiger partial charge in [-0.3, -0.25) is 4.79 Å². The fraction of sp³-hybridized carbons (Fsp3) is 0.542. The number of unbranched alkanes of at least 4 members (excludes halogenated alkanes) is 1. The van der Waals surface area contributed by atoms with Gasteiger partial charge in [0, 0.05) is 45.1 Å². The molecule has 9 nitrogen and oxygen atoms in total. The van der Waals surface area contributed by atoms with Crippen molar-refractivity contribution in [1.29, 1.82) is 0 Å². The van der Waals surface area contributed by atoms with Crippen LogP contribution in [-0.4, -0.2) is 51.1 Å². The van der Waals surface area contributed by atoms with Gasteiger partial charge < -0.3 is 9.88 Å². The molecule has 0 unspecified atom stereocenters. The Morgan fingerprint density at radius 2 is 1.88 bits per heavy atom. The van der Waals surface area contributed by atoms with Crippen LogP contribution >= 0.6 is 0 Å². The van der Waals surface area contributed by atoms with Gasteiger partial charge in [0.25, 0.3) is 0 Å². The van der Waals surface area contributed by atoms with Gasteiger partial charge in [0.05, 0.1) is 22.1 Å². The molecule has 10 heteroatoms. The molecule has 1 aliphatic heterocycles. The number of amides is 1. The molecule has 1 aliphatic rings. The SMILES string of the molecule is CCCCn1nccc1NC(=O)CCc1nc2cc(S(=O)(=O)N3CCCC3)ccc2n1CCC. The highest BCUT2D eigenvalue weighted by molar-refractivity contribution is 7.89. The molecule has 1 fully saturated rings. The number of anilines is 1. The number of aromatic nitrogens is 4. The lowest BCUT2D eigenvalue weighted by molar-refractivity contribution is -0.116. The average molecular weight is 487 g/mol. The minimum Gasteiger partial charge on any atom is -0.328 e. The number of benzene rings is 1. The van der Waals surface area contributed by atoms with E-state index in [0.717, 1.165) is 56.5 Å². The fourth-order valence-corrected chi connectivity index (χ4v) is 5.95. The lowest BCUT2D eigenvalue weighted by atomic mass is 10.2. The number of rotatable bonds is 11. The van der Waals surface area contributed by atoms with Gasteiger partial charge >= 0.3 is 0 Å². The largest absolute Gasteiger partial charge is 0.328 e. The first-order chi connectivity index (χ1) is 16.4. The Labute approximate surface area is 201 Å². The Morgan fingerprint density at radius 1 is 1.09 bits per heavy atom. The molecule has 1 N–H and O–H groups in total. The summed E-state index contributed by atoms with van der Waals surface area (Å²) in [5, 5.41) is 7.24. The van der Waals surface area contributed by atoms with Crippen molar-refractivity contribution in [2.45, 2.75) is 76.8 Å². The van der Waals surface area contributed by atoms with Crippen molar-refractivity contribution in [1.82, 2.24) is 23.6 Å².